The third-order valence-corrected chi connectivity index (χ3v) is 3.97. The average Bonchev–Trinajstić information content (AvgIpc) is 2.63. The topological polar surface area (TPSA) is 68.4 Å². The molecule has 4 heteroatoms. The van der Waals surface area contributed by atoms with Gasteiger partial charge in [0, 0.05) is 24.9 Å². The summed E-state index contributed by atoms with van der Waals surface area (Å²) < 4.78 is 0. The van der Waals surface area contributed by atoms with Crippen LogP contribution in [0.1, 0.15) is 100.0 Å². The van der Waals surface area contributed by atoms with Gasteiger partial charge >= 0.3 is 0 Å². The van der Waals surface area contributed by atoms with Gasteiger partial charge in [0.1, 0.15) is 0 Å². The summed E-state index contributed by atoms with van der Waals surface area (Å²) in [6.07, 6.45) is 7.08. The smallest absolute Gasteiger partial charge is 0.0906 e. The normalized spacial score (nSPS) is 11.7. The van der Waals surface area contributed by atoms with E-state index < -0.39 is 0 Å². The second kappa shape index (κ2) is 17.4. The van der Waals surface area contributed by atoms with E-state index in [4.69, 9.17) is 15.8 Å². The molecule has 26 heavy (non-hydrogen) atoms. The van der Waals surface area contributed by atoms with Crippen molar-refractivity contribution in [1.29, 1.82) is 0 Å². The van der Waals surface area contributed by atoms with Crippen LogP contribution in [-0.4, -0.2) is 22.3 Å². The molecule has 4 nitrogen and oxygen atoms in total. The fourth-order valence-electron chi connectivity index (χ4n) is 2.14. The van der Waals surface area contributed by atoms with Crippen molar-refractivity contribution in [2.75, 3.05) is 6.61 Å². The maximum Gasteiger partial charge on any atom is 0.0906 e. The molecule has 0 fully saturated rings. The SMILES string of the molecule is CC.CCC.CCC(C)(C)CC(c1ccncc1)C(C)(C)ON.CCO. The van der Waals surface area contributed by atoms with Crippen LogP contribution in [0.4, 0.5) is 0 Å². The van der Waals surface area contributed by atoms with Gasteiger partial charge in [0.2, 0.25) is 0 Å². The summed E-state index contributed by atoms with van der Waals surface area (Å²) in [4.78, 5) is 9.30. The lowest BCUT2D eigenvalue weighted by molar-refractivity contribution is -0.0491. The molecule has 0 bridgehead atoms. The molecule has 0 aliphatic heterocycles. The highest BCUT2D eigenvalue weighted by molar-refractivity contribution is 5.20. The average molecular weight is 371 g/mol. The molecule has 0 aliphatic carbocycles. The van der Waals surface area contributed by atoms with E-state index in [0.717, 1.165) is 12.8 Å². The first-order chi connectivity index (χ1) is 12.2. The van der Waals surface area contributed by atoms with Gasteiger partial charge in [-0.05, 0) is 50.3 Å². The number of pyridine rings is 1. The molecule has 0 radical (unpaired) electrons. The molecule has 0 aliphatic rings. The molecule has 1 unspecified atom stereocenters. The molecule has 156 valence electrons. The standard InChI is InChI=1S/C15H26N2O.C3H8.C2H6O.C2H6/c1-6-14(2,3)11-13(15(4,5)18-16)12-7-9-17-10-8-12;1-3-2;1-2-3;1-2/h7-10,13H,6,11,16H2,1-5H3;3H2,1-2H3;3H,2H2,1H3;1-2H3. The van der Waals surface area contributed by atoms with E-state index in [1.165, 1.54) is 12.0 Å². The van der Waals surface area contributed by atoms with Crippen molar-refractivity contribution in [3.63, 3.8) is 0 Å². The molecule has 1 atom stereocenters. The van der Waals surface area contributed by atoms with E-state index in [1.54, 1.807) is 6.92 Å². The van der Waals surface area contributed by atoms with Gasteiger partial charge in [0.25, 0.3) is 0 Å². The molecule has 1 heterocycles. The molecular weight excluding hydrogens is 324 g/mol. The van der Waals surface area contributed by atoms with Crippen LogP contribution in [0.25, 0.3) is 0 Å². The molecule has 0 aromatic carbocycles. The van der Waals surface area contributed by atoms with Crippen LogP contribution >= 0.6 is 0 Å². The molecule has 0 saturated carbocycles. The van der Waals surface area contributed by atoms with E-state index in [2.05, 4.69) is 51.7 Å². The zero-order valence-electron chi connectivity index (χ0n) is 19.1. The van der Waals surface area contributed by atoms with Crippen molar-refractivity contribution >= 4 is 0 Å². The van der Waals surface area contributed by atoms with Crippen LogP contribution in [0.2, 0.25) is 0 Å². The van der Waals surface area contributed by atoms with Crippen LogP contribution in [-0.2, 0) is 4.84 Å². The minimum absolute atomic E-state index is 0.250. The van der Waals surface area contributed by atoms with E-state index >= 15 is 0 Å². The number of aliphatic hydroxyl groups excluding tert-OH is 1. The summed E-state index contributed by atoms with van der Waals surface area (Å²) in [5.41, 5.74) is 1.12. The number of nitrogens with two attached hydrogens (primary N) is 1. The zero-order chi connectivity index (χ0) is 21.2. The summed E-state index contributed by atoms with van der Waals surface area (Å²) in [5.74, 6) is 5.75. The molecule has 1 aromatic rings. The van der Waals surface area contributed by atoms with Crippen LogP contribution < -0.4 is 5.90 Å². The monoisotopic (exact) mass is 370 g/mol. The first-order valence-electron chi connectivity index (χ1n) is 10.0. The summed E-state index contributed by atoms with van der Waals surface area (Å²) in [6.45, 7) is 21.1. The lowest BCUT2D eigenvalue weighted by Crippen LogP contribution is -2.37. The predicted molar refractivity (Wildman–Crippen MR) is 115 cm³/mol. The van der Waals surface area contributed by atoms with Crippen LogP contribution in [0.5, 0.6) is 0 Å². The molecule has 0 spiro atoms. The highest BCUT2D eigenvalue weighted by Gasteiger charge is 2.35. The highest BCUT2D eigenvalue weighted by Crippen LogP contribution is 2.41. The van der Waals surface area contributed by atoms with Crippen molar-refractivity contribution in [1.82, 2.24) is 4.98 Å². The Morgan fingerprint density at radius 1 is 1.04 bits per heavy atom. The number of aliphatic hydroxyl groups is 1. The van der Waals surface area contributed by atoms with Crippen LogP contribution in [0, 0.1) is 5.41 Å². The third kappa shape index (κ3) is 14.2. The summed E-state index contributed by atoms with van der Waals surface area (Å²) in [6, 6.07) is 4.11. The van der Waals surface area contributed by atoms with Gasteiger partial charge < -0.3 is 5.11 Å². The third-order valence-electron chi connectivity index (χ3n) is 3.97. The largest absolute Gasteiger partial charge is 0.397 e. The van der Waals surface area contributed by atoms with Gasteiger partial charge in [-0.2, -0.15) is 0 Å². The Hall–Kier alpha value is -0.970. The lowest BCUT2D eigenvalue weighted by Gasteiger charge is -2.37. The van der Waals surface area contributed by atoms with Gasteiger partial charge in [-0.15, -0.1) is 0 Å². The maximum atomic E-state index is 7.57. The minimum Gasteiger partial charge on any atom is -0.397 e. The fraction of sp³-hybridized carbons (Fsp3) is 0.773. The Labute approximate surface area is 163 Å². The lowest BCUT2D eigenvalue weighted by atomic mass is 9.72. The molecule has 1 rings (SSSR count). The predicted octanol–water partition coefficient (Wildman–Crippen LogP) is 6.10. The van der Waals surface area contributed by atoms with Gasteiger partial charge in [-0.3, -0.25) is 9.82 Å². The van der Waals surface area contributed by atoms with E-state index in [9.17, 15) is 0 Å². The van der Waals surface area contributed by atoms with Crippen molar-refractivity contribution in [3.05, 3.63) is 30.1 Å². The van der Waals surface area contributed by atoms with E-state index in [0.29, 0.717) is 0 Å². The first-order valence-corrected chi connectivity index (χ1v) is 10.0. The van der Waals surface area contributed by atoms with Crippen molar-refractivity contribution in [2.24, 2.45) is 11.3 Å². The number of rotatable bonds is 6. The Morgan fingerprint density at radius 2 is 1.42 bits per heavy atom. The van der Waals surface area contributed by atoms with Crippen molar-refractivity contribution in [2.45, 2.75) is 100 Å². The van der Waals surface area contributed by atoms with Gasteiger partial charge in [-0.1, -0.05) is 61.3 Å². The second-order valence-electron chi connectivity index (χ2n) is 7.30. The number of hydrogen-bond donors (Lipinski definition) is 2. The summed E-state index contributed by atoms with van der Waals surface area (Å²) in [7, 11) is 0. The van der Waals surface area contributed by atoms with Crippen molar-refractivity contribution < 1.29 is 9.94 Å². The maximum absolute atomic E-state index is 7.57. The van der Waals surface area contributed by atoms with Gasteiger partial charge in [0.15, 0.2) is 0 Å². The molecular formula is C22H46N2O2. The molecule has 3 N–H and O–H groups in total. The number of nitrogens with zero attached hydrogens (tertiary/aromatic N) is 1. The van der Waals surface area contributed by atoms with E-state index in [1.807, 2.05) is 40.1 Å². The minimum atomic E-state index is -0.381. The highest BCUT2D eigenvalue weighted by atomic mass is 16.6. The van der Waals surface area contributed by atoms with E-state index in [-0.39, 0.29) is 23.5 Å². The number of aromatic nitrogens is 1. The van der Waals surface area contributed by atoms with Crippen molar-refractivity contribution in [3.8, 4) is 0 Å². The Morgan fingerprint density at radius 3 is 1.73 bits per heavy atom. The zero-order valence-corrected chi connectivity index (χ0v) is 19.1. The molecule has 0 saturated heterocycles. The fourth-order valence-corrected chi connectivity index (χ4v) is 2.14. The quantitative estimate of drug-likeness (QED) is 0.593. The second-order valence-corrected chi connectivity index (χ2v) is 7.30. The number of hydrogen-bond acceptors (Lipinski definition) is 4. The first kappa shape index (κ1) is 29.8. The molecule has 1 aromatic heterocycles. The van der Waals surface area contributed by atoms with Crippen LogP contribution in [0.15, 0.2) is 24.5 Å². The van der Waals surface area contributed by atoms with Crippen LogP contribution in [0.3, 0.4) is 0 Å². The van der Waals surface area contributed by atoms with Gasteiger partial charge in [-0.25, -0.2) is 5.90 Å². The summed E-state index contributed by atoms with van der Waals surface area (Å²) in [5, 5.41) is 7.57. The van der Waals surface area contributed by atoms with Gasteiger partial charge in [0.05, 0.1) is 5.60 Å². The Kier molecular flexibility index (Phi) is 20.0. The molecule has 0 amide bonds. The Bertz CT molecular complexity index is 390. The summed E-state index contributed by atoms with van der Waals surface area (Å²) >= 11 is 0. The Balaban J connectivity index is -0.000000567.